The molecule has 9 heteroatoms. The van der Waals surface area contributed by atoms with Crippen molar-refractivity contribution in [2.75, 3.05) is 26.2 Å². The molecule has 1 atom stereocenters. The van der Waals surface area contributed by atoms with Gasteiger partial charge in [0, 0.05) is 24.6 Å². The number of hydrogen-bond acceptors (Lipinski definition) is 7. The highest BCUT2D eigenvalue weighted by Crippen LogP contribution is 2.41. The molecular formula is C16H23N3O5S. The van der Waals surface area contributed by atoms with E-state index in [1.807, 2.05) is 0 Å². The van der Waals surface area contributed by atoms with E-state index in [2.05, 4.69) is 20.6 Å². The lowest BCUT2D eigenvalue weighted by Gasteiger charge is -2.44. The Morgan fingerprint density at radius 3 is 2.36 bits per heavy atom. The number of hydrogen-bond donors (Lipinski definition) is 2. The Morgan fingerprint density at radius 1 is 1.24 bits per heavy atom. The van der Waals surface area contributed by atoms with E-state index in [1.54, 1.807) is 0 Å². The summed E-state index contributed by atoms with van der Waals surface area (Å²) < 4.78 is 14.5. The van der Waals surface area contributed by atoms with Crippen LogP contribution in [0, 0.1) is 5.92 Å². The second kappa shape index (κ2) is 9.47. The Morgan fingerprint density at radius 2 is 1.88 bits per heavy atom. The van der Waals surface area contributed by atoms with Crippen molar-refractivity contribution < 1.29 is 24.5 Å². The van der Waals surface area contributed by atoms with Crippen molar-refractivity contribution in [1.82, 2.24) is 13.6 Å². The second-order valence-electron chi connectivity index (χ2n) is 6.06. The zero-order valence-corrected chi connectivity index (χ0v) is 14.9. The third kappa shape index (κ3) is 5.79. The first kappa shape index (κ1) is 19.3. The largest absolute Gasteiger partial charge is 0.478 e. The van der Waals surface area contributed by atoms with Gasteiger partial charge in [-0.05, 0) is 38.3 Å². The number of aromatic nitrogens is 2. The van der Waals surface area contributed by atoms with E-state index in [9.17, 15) is 9.59 Å². The maximum atomic E-state index is 9.55. The molecule has 0 spiro atoms. The highest BCUT2D eigenvalue weighted by molar-refractivity contribution is 6.99. The van der Waals surface area contributed by atoms with Gasteiger partial charge in [-0.1, -0.05) is 6.92 Å². The van der Waals surface area contributed by atoms with Crippen LogP contribution < -0.4 is 4.74 Å². The normalized spacial score (nSPS) is 24.6. The molecule has 4 heterocycles. The van der Waals surface area contributed by atoms with Gasteiger partial charge < -0.3 is 19.8 Å². The van der Waals surface area contributed by atoms with Crippen molar-refractivity contribution in [1.29, 1.82) is 0 Å². The summed E-state index contributed by atoms with van der Waals surface area (Å²) in [6.07, 6.45) is 4.77. The molecule has 3 aliphatic rings. The molecule has 8 nitrogen and oxygen atoms in total. The van der Waals surface area contributed by atoms with Crippen LogP contribution in [0.4, 0.5) is 0 Å². The summed E-state index contributed by atoms with van der Waals surface area (Å²) in [4.78, 5) is 21.7. The Kier molecular flexibility index (Phi) is 7.32. The zero-order valence-electron chi connectivity index (χ0n) is 14.1. The standard InChI is InChI=1S/C12H19N3OS.C4H4O4/c1-2-7-16-12-11(13-17-14-12)10-8-15-5-3-9(10)4-6-15;5-3(6)1-2-4(7)8/h9-10H,2-8H2,1H3;1-2H,(H,5,6)(H,7,8). The molecule has 0 aliphatic carbocycles. The van der Waals surface area contributed by atoms with Crippen molar-refractivity contribution in [2.45, 2.75) is 32.1 Å². The number of carboxylic acids is 2. The summed E-state index contributed by atoms with van der Waals surface area (Å²) in [6, 6.07) is 0. The first-order valence-corrected chi connectivity index (χ1v) is 9.05. The van der Waals surface area contributed by atoms with Crippen molar-refractivity contribution >= 4 is 23.7 Å². The van der Waals surface area contributed by atoms with Gasteiger partial charge in [0.25, 0.3) is 0 Å². The number of rotatable bonds is 6. The predicted molar refractivity (Wildman–Crippen MR) is 92.0 cm³/mol. The first-order valence-electron chi connectivity index (χ1n) is 8.32. The van der Waals surface area contributed by atoms with Crippen molar-refractivity contribution in [2.24, 2.45) is 5.92 Å². The second-order valence-corrected chi connectivity index (χ2v) is 6.59. The van der Waals surface area contributed by atoms with Gasteiger partial charge in [-0.2, -0.15) is 4.37 Å². The summed E-state index contributed by atoms with van der Waals surface area (Å²) in [6.45, 7) is 6.56. The average Bonchev–Trinajstić information content (AvgIpc) is 3.08. The van der Waals surface area contributed by atoms with Crippen LogP contribution in [-0.2, 0) is 9.59 Å². The van der Waals surface area contributed by atoms with Gasteiger partial charge in [-0.3, -0.25) is 0 Å². The summed E-state index contributed by atoms with van der Waals surface area (Å²) in [7, 11) is 0. The number of fused-ring (bicyclic) bond motifs is 3. The molecule has 0 aromatic carbocycles. The minimum Gasteiger partial charge on any atom is -0.478 e. The Labute approximate surface area is 150 Å². The smallest absolute Gasteiger partial charge is 0.328 e. The molecule has 4 rings (SSSR count). The number of carbonyl (C=O) groups is 2. The fraction of sp³-hybridized carbons (Fsp3) is 0.625. The number of nitrogens with zero attached hydrogens (tertiary/aromatic N) is 3. The van der Waals surface area contributed by atoms with E-state index in [1.165, 1.54) is 37.7 Å². The lowest BCUT2D eigenvalue weighted by molar-refractivity contribution is -0.134. The molecule has 2 bridgehead atoms. The molecule has 0 amide bonds. The van der Waals surface area contributed by atoms with Crippen LogP contribution in [0.2, 0.25) is 0 Å². The van der Waals surface area contributed by atoms with Crippen molar-refractivity contribution in [3.63, 3.8) is 0 Å². The maximum absolute atomic E-state index is 9.55. The van der Waals surface area contributed by atoms with Crippen molar-refractivity contribution in [3.8, 4) is 5.88 Å². The molecular weight excluding hydrogens is 346 g/mol. The van der Waals surface area contributed by atoms with Gasteiger partial charge in [0.1, 0.15) is 5.69 Å². The number of aliphatic carboxylic acids is 2. The van der Waals surface area contributed by atoms with E-state index in [0.29, 0.717) is 18.1 Å². The SMILES string of the molecule is CCCOc1nsnc1C1CN2CCC1CC2.O=C(O)C=CC(=O)O. The van der Waals surface area contributed by atoms with Crippen LogP contribution >= 0.6 is 11.7 Å². The maximum Gasteiger partial charge on any atom is 0.328 e. The molecule has 2 N–H and O–H groups in total. The lowest BCUT2D eigenvalue weighted by Crippen LogP contribution is -2.46. The number of ether oxygens (including phenoxy) is 1. The van der Waals surface area contributed by atoms with Crippen LogP contribution in [-0.4, -0.2) is 62.0 Å². The topological polar surface area (TPSA) is 113 Å². The van der Waals surface area contributed by atoms with E-state index >= 15 is 0 Å². The first-order chi connectivity index (χ1) is 12.0. The number of piperidine rings is 3. The third-order valence-electron chi connectivity index (χ3n) is 4.30. The van der Waals surface area contributed by atoms with Crippen LogP contribution in [0.3, 0.4) is 0 Å². The highest BCUT2D eigenvalue weighted by atomic mass is 32.1. The third-order valence-corrected chi connectivity index (χ3v) is 4.83. The molecule has 3 aliphatic heterocycles. The van der Waals surface area contributed by atoms with Crippen LogP contribution in [0.15, 0.2) is 12.2 Å². The molecule has 0 radical (unpaired) electrons. The monoisotopic (exact) mass is 369 g/mol. The van der Waals surface area contributed by atoms with E-state index in [-0.39, 0.29) is 0 Å². The molecule has 138 valence electrons. The van der Waals surface area contributed by atoms with Gasteiger partial charge in [0.15, 0.2) is 0 Å². The quantitative estimate of drug-likeness (QED) is 0.731. The van der Waals surface area contributed by atoms with Gasteiger partial charge in [0.05, 0.1) is 18.3 Å². The predicted octanol–water partition coefficient (Wildman–Crippen LogP) is 1.85. The van der Waals surface area contributed by atoms with Gasteiger partial charge in [-0.15, -0.1) is 4.37 Å². The molecule has 1 aromatic heterocycles. The van der Waals surface area contributed by atoms with E-state index < -0.39 is 11.9 Å². The fourth-order valence-corrected chi connectivity index (χ4v) is 3.69. The Bertz CT molecular complexity index is 595. The van der Waals surface area contributed by atoms with E-state index in [4.69, 9.17) is 14.9 Å². The van der Waals surface area contributed by atoms with Gasteiger partial charge >= 0.3 is 11.9 Å². The van der Waals surface area contributed by atoms with Crippen LogP contribution in [0.1, 0.15) is 37.8 Å². The minimum atomic E-state index is -1.26. The molecule has 25 heavy (non-hydrogen) atoms. The van der Waals surface area contributed by atoms with Gasteiger partial charge in [0.2, 0.25) is 5.88 Å². The average molecular weight is 369 g/mol. The summed E-state index contributed by atoms with van der Waals surface area (Å²) in [5, 5.41) is 15.6. The minimum absolute atomic E-state index is 0.558. The summed E-state index contributed by atoms with van der Waals surface area (Å²) in [5.74, 6) is -0.355. The molecule has 1 unspecified atom stereocenters. The van der Waals surface area contributed by atoms with Crippen LogP contribution in [0.5, 0.6) is 5.88 Å². The fourth-order valence-electron chi connectivity index (χ4n) is 3.13. The summed E-state index contributed by atoms with van der Waals surface area (Å²) in [5.41, 5.74) is 1.12. The Balaban J connectivity index is 0.000000242. The number of carboxylic acid groups (broad SMARTS) is 2. The molecule has 3 fully saturated rings. The van der Waals surface area contributed by atoms with Crippen molar-refractivity contribution in [3.05, 3.63) is 17.8 Å². The molecule has 3 saturated heterocycles. The van der Waals surface area contributed by atoms with Crippen LogP contribution in [0.25, 0.3) is 0 Å². The highest BCUT2D eigenvalue weighted by Gasteiger charge is 2.38. The molecule has 1 aromatic rings. The van der Waals surface area contributed by atoms with E-state index in [0.717, 1.165) is 37.1 Å². The summed E-state index contributed by atoms with van der Waals surface area (Å²) >= 11 is 1.29. The van der Waals surface area contributed by atoms with Gasteiger partial charge in [-0.25, -0.2) is 9.59 Å². The lowest BCUT2D eigenvalue weighted by atomic mass is 9.77. The zero-order chi connectivity index (χ0) is 18.2. The molecule has 0 saturated carbocycles. The Hall–Kier alpha value is -2.00.